The second-order valence-electron chi connectivity index (χ2n) is 5.58. The first-order chi connectivity index (χ1) is 12.9. The van der Waals surface area contributed by atoms with E-state index in [-0.39, 0.29) is 16.3 Å². The highest BCUT2D eigenvalue weighted by Gasteiger charge is 2.28. The second-order valence-corrected chi connectivity index (χ2v) is 7.74. The molecule has 3 rings (SSSR count). The highest BCUT2D eigenvalue weighted by atomic mass is 35.5. The molecule has 2 aromatic carbocycles. The highest BCUT2D eigenvalue weighted by molar-refractivity contribution is 8.13. The van der Waals surface area contributed by atoms with E-state index in [0.717, 1.165) is 5.56 Å². The van der Waals surface area contributed by atoms with Gasteiger partial charge in [0.25, 0.3) is 11.6 Å². The smallest absolute Gasteiger partial charge is 0.270 e. The van der Waals surface area contributed by atoms with Crippen LogP contribution in [0.4, 0.5) is 5.69 Å². The van der Waals surface area contributed by atoms with Crippen LogP contribution in [0.1, 0.15) is 15.9 Å². The number of nitro benzene ring substituents is 1. The molecule has 0 bridgehead atoms. The number of aliphatic imine (C=N–C) groups is 1. The summed E-state index contributed by atoms with van der Waals surface area (Å²) in [5, 5.41) is 12.6. The van der Waals surface area contributed by atoms with Gasteiger partial charge in [-0.15, -0.1) is 0 Å². The van der Waals surface area contributed by atoms with Crippen molar-refractivity contribution >= 4 is 63.3 Å². The van der Waals surface area contributed by atoms with Gasteiger partial charge in [0.1, 0.15) is 0 Å². The summed E-state index contributed by atoms with van der Waals surface area (Å²) in [7, 11) is 0. The minimum atomic E-state index is -0.564. The van der Waals surface area contributed by atoms with Crippen LogP contribution in [0.15, 0.2) is 41.4 Å². The lowest BCUT2D eigenvalue weighted by Crippen LogP contribution is -2.33. The number of amidine groups is 1. The van der Waals surface area contributed by atoms with Crippen molar-refractivity contribution in [3.05, 3.63) is 72.7 Å². The van der Waals surface area contributed by atoms with Gasteiger partial charge in [-0.1, -0.05) is 52.6 Å². The molecule has 0 atom stereocenters. The molecular weight excluding hydrogens is 433 g/mol. The zero-order valence-electron chi connectivity index (χ0n) is 13.7. The van der Waals surface area contributed by atoms with Crippen LogP contribution in [0.25, 0.3) is 0 Å². The zero-order chi connectivity index (χ0) is 19.6. The molecular formula is C17H12Cl3N3O3S. The monoisotopic (exact) mass is 443 g/mol. The molecule has 0 fully saturated rings. The Bertz CT molecular complexity index is 952. The second kappa shape index (κ2) is 8.48. The molecule has 2 aromatic rings. The fourth-order valence-electron chi connectivity index (χ4n) is 2.45. The SMILES string of the molecule is O=C(c1cc([N+](=O)[O-])ccc1Cl)N1CCN=C1SCc1ccc(Cl)c(Cl)c1. The number of amides is 1. The molecule has 6 nitrogen and oxygen atoms in total. The molecule has 0 saturated carbocycles. The maximum Gasteiger partial charge on any atom is 0.270 e. The molecule has 10 heteroatoms. The first-order valence-electron chi connectivity index (χ1n) is 7.74. The summed E-state index contributed by atoms with van der Waals surface area (Å²) in [4.78, 5) is 29.1. The van der Waals surface area contributed by atoms with Crippen LogP contribution < -0.4 is 0 Å². The fourth-order valence-corrected chi connectivity index (χ4v) is 3.96. The summed E-state index contributed by atoms with van der Waals surface area (Å²) >= 11 is 19.4. The summed E-state index contributed by atoms with van der Waals surface area (Å²) in [6.45, 7) is 0.851. The number of rotatable bonds is 4. The van der Waals surface area contributed by atoms with E-state index in [0.29, 0.717) is 34.1 Å². The largest absolute Gasteiger partial charge is 0.286 e. The molecule has 0 N–H and O–H groups in total. The lowest BCUT2D eigenvalue weighted by molar-refractivity contribution is -0.384. The van der Waals surface area contributed by atoms with Crippen LogP contribution in [0.3, 0.4) is 0 Å². The molecule has 1 heterocycles. The Morgan fingerprint density at radius 1 is 1.15 bits per heavy atom. The normalized spacial score (nSPS) is 13.6. The van der Waals surface area contributed by atoms with Gasteiger partial charge < -0.3 is 0 Å². The van der Waals surface area contributed by atoms with E-state index >= 15 is 0 Å². The average molecular weight is 445 g/mol. The van der Waals surface area contributed by atoms with Crippen molar-refractivity contribution in [2.75, 3.05) is 13.1 Å². The van der Waals surface area contributed by atoms with E-state index in [4.69, 9.17) is 34.8 Å². The van der Waals surface area contributed by atoms with Crippen LogP contribution in [0.5, 0.6) is 0 Å². The summed E-state index contributed by atoms with van der Waals surface area (Å²) in [6, 6.07) is 9.11. The number of carbonyl (C=O) groups is 1. The van der Waals surface area contributed by atoms with Gasteiger partial charge in [-0.2, -0.15) is 0 Å². The number of carbonyl (C=O) groups excluding carboxylic acids is 1. The van der Waals surface area contributed by atoms with Crippen molar-refractivity contribution in [1.82, 2.24) is 4.90 Å². The van der Waals surface area contributed by atoms with E-state index in [1.807, 2.05) is 6.07 Å². The molecule has 1 aliphatic heterocycles. The number of thioether (sulfide) groups is 1. The van der Waals surface area contributed by atoms with Gasteiger partial charge in [0, 0.05) is 24.4 Å². The van der Waals surface area contributed by atoms with Gasteiger partial charge >= 0.3 is 0 Å². The van der Waals surface area contributed by atoms with Gasteiger partial charge in [-0.3, -0.25) is 24.8 Å². The number of nitrogens with zero attached hydrogens (tertiary/aromatic N) is 3. The molecule has 0 saturated heterocycles. The number of hydrogen-bond donors (Lipinski definition) is 0. The molecule has 0 radical (unpaired) electrons. The van der Waals surface area contributed by atoms with E-state index < -0.39 is 10.8 Å². The molecule has 0 spiro atoms. The lowest BCUT2D eigenvalue weighted by Gasteiger charge is -2.18. The summed E-state index contributed by atoms with van der Waals surface area (Å²) in [5.41, 5.74) is 0.823. The zero-order valence-corrected chi connectivity index (χ0v) is 16.8. The van der Waals surface area contributed by atoms with Crippen molar-refractivity contribution in [2.45, 2.75) is 5.75 Å². The Balaban J connectivity index is 1.75. The third-order valence-corrected chi connectivity index (χ3v) is 5.94. The van der Waals surface area contributed by atoms with Gasteiger partial charge in [-0.05, 0) is 23.8 Å². The van der Waals surface area contributed by atoms with Crippen molar-refractivity contribution in [3.63, 3.8) is 0 Å². The third-order valence-electron chi connectivity index (χ3n) is 3.79. The van der Waals surface area contributed by atoms with Crippen LogP contribution in [-0.2, 0) is 5.75 Å². The molecule has 27 heavy (non-hydrogen) atoms. The Hall–Kier alpha value is -1.80. The Kier molecular flexibility index (Phi) is 6.26. The Morgan fingerprint density at radius 2 is 1.89 bits per heavy atom. The number of benzene rings is 2. The topological polar surface area (TPSA) is 75.8 Å². The number of non-ortho nitro benzene ring substituents is 1. The van der Waals surface area contributed by atoms with E-state index in [2.05, 4.69) is 4.99 Å². The van der Waals surface area contributed by atoms with Crippen molar-refractivity contribution in [2.24, 2.45) is 4.99 Å². The average Bonchev–Trinajstić information content (AvgIpc) is 3.11. The lowest BCUT2D eigenvalue weighted by atomic mass is 10.2. The molecule has 0 aromatic heterocycles. The van der Waals surface area contributed by atoms with Crippen LogP contribution >= 0.6 is 46.6 Å². The van der Waals surface area contributed by atoms with E-state index in [9.17, 15) is 14.9 Å². The number of halogens is 3. The summed E-state index contributed by atoms with van der Waals surface area (Å²) in [6.07, 6.45) is 0. The molecule has 140 valence electrons. The maximum absolute atomic E-state index is 12.8. The van der Waals surface area contributed by atoms with Gasteiger partial charge in [0.05, 0.1) is 32.1 Å². The Labute approximate surface area is 174 Å². The van der Waals surface area contributed by atoms with E-state index in [1.54, 1.807) is 12.1 Å². The quantitative estimate of drug-likeness (QED) is 0.473. The standard InChI is InChI=1S/C17H12Cl3N3O3S/c18-13-4-2-11(23(25)26)8-12(13)16(24)22-6-5-21-17(22)27-9-10-1-3-14(19)15(20)7-10/h1-4,7-8H,5-6,9H2. The van der Waals surface area contributed by atoms with Crippen molar-refractivity contribution in [1.29, 1.82) is 0 Å². The molecule has 1 amide bonds. The number of hydrogen-bond acceptors (Lipinski definition) is 5. The maximum atomic E-state index is 12.8. The molecule has 0 unspecified atom stereocenters. The minimum Gasteiger partial charge on any atom is -0.286 e. The Morgan fingerprint density at radius 3 is 2.59 bits per heavy atom. The van der Waals surface area contributed by atoms with Crippen LogP contribution in [0, 0.1) is 10.1 Å². The summed E-state index contributed by atoms with van der Waals surface area (Å²) < 4.78 is 0. The predicted octanol–water partition coefficient (Wildman–Crippen LogP) is 5.30. The predicted molar refractivity (Wildman–Crippen MR) is 109 cm³/mol. The van der Waals surface area contributed by atoms with Crippen molar-refractivity contribution in [3.8, 4) is 0 Å². The van der Waals surface area contributed by atoms with Crippen LogP contribution in [-0.4, -0.2) is 34.0 Å². The first-order valence-corrected chi connectivity index (χ1v) is 9.86. The molecule has 0 aliphatic carbocycles. The summed E-state index contributed by atoms with van der Waals surface area (Å²) in [5.74, 6) is 0.129. The van der Waals surface area contributed by atoms with Crippen molar-refractivity contribution < 1.29 is 9.72 Å². The fraction of sp³-hybridized carbons (Fsp3) is 0.176. The third kappa shape index (κ3) is 4.55. The van der Waals surface area contributed by atoms with Crippen LogP contribution in [0.2, 0.25) is 15.1 Å². The minimum absolute atomic E-state index is 0.0793. The molecule has 1 aliphatic rings. The van der Waals surface area contributed by atoms with Gasteiger partial charge in [-0.25, -0.2) is 0 Å². The van der Waals surface area contributed by atoms with Gasteiger partial charge in [0.2, 0.25) is 0 Å². The number of nitro groups is 1. The van der Waals surface area contributed by atoms with Gasteiger partial charge in [0.15, 0.2) is 5.17 Å². The first kappa shape index (κ1) is 19.9. The highest BCUT2D eigenvalue weighted by Crippen LogP contribution is 2.28. The van der Waals surface area contributed by atoms with E-state index in [1.165, 1.54) is 34.9 Å².